The molecule has 5 nitrogen and oxygen atoms in total. The number of ether oxygens (including phenoxy) is 1. The molecule has 0 spiro atoms. The van der Waals surface area contributed by atoms with Crippen molar-refractivity contribution in [1.82, 2.24) is 9.55 Å². The van der Waals surface area contributed by atoms with Crippen LogP contribution in [0, 0.1) is 0 Å². The van der Waals surface area contributed by atoms with Crippen molar-refractivity contribution in [2.75, 3.05) is 16.5 Å². The van der Waals surface area contributed by atoms with Crippen molar-refractivity contribution in [3.05, 3.63) is 167 Å². The van der Waals surface area contributed by atoms with E-state index in [-0.39, 0.29) is 27.1 Å². The highest BCUT2D eigenvalue weighted by atomic mass is 16.5. The standard InChI is InChI=1S/C62H70N4O/c1-58(2,3)41-25-23-40(24-26-41)51-38-63-57(37-52(51)62(13,14)15)66-53-22-17-16-21-49(53)50-29-28-48(36-55(50)66)67-47-20-18-19-45(35-47)64-39-65(56-34-42(59(4,5)6)27-30-54(56)64)46-32-43(60(7,8)9)31-44(33-46)61(10,11)12/h16-38H,39H2,1-15H3. The van der Waals surface area contributed by atoms with E-state index in [9.17, 15) is 0 Å². The zero-order valence-corrected chi connectivity index (χ0v) is 42.7. The number of pyridine rings is 1. The Bertz CT molecular complexity index is 3120. The summed E-state index contributed by atoms with van der Waals surface area (Å²) < 4.78 is 9.16. The molecule has 0 atom stereocenters. The maximum Gasteiger partial charge on any atom is 0.137 e. The van der Waals surface area contributed by atoms with Crippen LogP contribution in [-0.2, 0) is 27.1 Å². The third-order valence-corrected chi connectivity index (χ3v) is 13.7. The Morgan fingerprint density at radius 1 is 0.433 bits per heavy atom. The van der Waals surface area contributed by atoms with E-state index in [2.05, 4.69) is 258 Å². The molecule has 67 heavy (non-hydrogen) atoms. The topological polar surface area (TPSA) is 33.5 Å². The number of nitrogens with zero attached hydrogens (tertiary/aromatic N) is 4. The van der Waals surface area contributed by atoms with Gasteiger partial charge in [0, 0.05) is 46.0 Å². The van der Waals surface area contributed by atoms with E-state index in [1.54, 1.807) is 0 Å². The van der Waals surface area contributed by atoms with Gasteiger partial charge < -0.3 is 14.5 Å². The first-order valence-corrected chi connectivity index (χ1v) is 24.1. The monoisotopic (exact) mass is 887 g/mol. The maximum atomic E-state index is 6.86. The van der Waals surface area contributed by atoms with E-state index in [1.807, 2.05) is 0 Å². The van der Waals surface area contributed by atoms with Gasteiger partial charge in [0.15, 0.2) is 0 Å². The van der Waals surface area contributed by atoms with Crippen LogP contribution in [0.15, 0.2) is 140 Å². The Kier molecular flexibility index (Phi) is 11.1. The van der Waals surface area contributed by atoms with Gasteiger partial charge in [-0.15, -0.1) is 0 Å². The molecule has 0 saturated carbocycles. The molecule has 0 bridgehead atoms. The van der Waals surface area contributed by atoms with Crippen LogP contribution in [0.3, 0.4) is 0 Å². The Balaban J connectivity index is 1.10. The highest BCUT2D eigenvalue weighted by Crippen LogP contribution is 2.48. The average molecular weight is 887 g/mol. The molecule has 8 aromatic rings. The maximum absolute atomic E-state index is 6.86. The van der Waals surface area contributed by atoms with Crippen LogP contribution in [0.2, 0.25) is 0 Å². The van der Waals surface area contributed by atoms with Gasteiger partial charge in [0.05, 0.1) is 22.4 Å². The number of rotatable bonds is 6. The smallest absolute Gasteiger partial charge is 0.137 e. The SMILES string of the molecule is CC(C)(C)c1ccc(-c2cnc(-n3c4ccccc4c4ccc(Oc5cccc(N6CN(c7cc(C(C)(C)C)cc(C(C)(C)C)c7)c7cc(C(C)(C)C)ccc76)c5)cc43)cc2C(C)(C)C)cc1. The quantitative estimate of drug-likeness (QED) is 0.167. The van der Waals surface area contributed by atoms with Crippen molar-refractivity contribution in [2.24, 2.45) is 0 Å². The lowest BCUT2D eigenvalue weighted by Crippen LogP contribution is -2.25. The highest BCUT2D eigenvalue weighted by molar-refractivity contribution is 6.09. The third-order valence-electron chi connectivity index (χ3n) is 13.7. The minimum Gasteiger partial charge on any atom is -0.457 e. The number of hydrogen-bond acceptors (Lipinski definition) is 4. The minimum atomic E-state index is -0.124. The number of fused-ring (bicyclic) bond motifs is 4. The van der Waals surface area contributed by atoms with Gasteiger partial charge in [0.1, 0.15) is 24.0 Å². The third kappa shape index (κ3) is 8.86. The van der Waals surface area contributed by atoms with E-state index >= 15 is 0 Å². The molecule has 9 rings (SSSR count). The molecular formula is C62H70N4O. The van der Waals surface area contributed by atoms with Crippen molar-refractivity contribution in [3.8, 4) is 28.4 Å². The van der Waals surface area contributed by atoms with Crippen molar-refractivity contribution in [1.29, 1.82) is 0 Å². The molecule has 0 aliphatic carbocycles. The Morgan fingerprint density at radius 3 is 1.67 bits per heavy atom. The first kappa shape index (κ1) is 45.8. The summed E-state index contributed by atoms with van der Waals surface area (Å²) in [5.41, 5.74) is 15.8. The molecule has 0 saturated heterocycles. The largest absolute Gasteiger partial charge is 0.457 e. The fourth-order valence-corrected chi connectivity index (χ4v) is 9.48. The first-order valence-electron chi connectivity index (χ1n) is 24.1. The molecule has 2 aromatic heterocycles. The Labute approximate surface area is 400 Å². The summed E-state index contributed by atoms with van der Waals surface area (Å²) in [4.78, 5) is 10.2. The fraction of sp³-hybridized carbons (Fsp3) is 0.339. The lowest BCUT2D eigenvalue weighted by atomic mass is 9.80. The van der Waals surface area contributed by atoms with Gasteiger partial charge in [-0.1, -0.05) is 165 Å². The zero-order valence-electron chi connectivity index (χ0n) is 42.7. The van der Waals surface area contributed by atoms with Crippen LogP contribution in [0.25, 0.3) is 38.8 Å². The molecule has 0 radical (unpaired) electrons. The van der Waals surface area contributed by atoms with Crippen LogP contribution >= 0.6 is 0 Å². The van der Waals surface area contributed by atoms with Crippen LogP contribution in [0.5, 0.6) is 11.5 Å². The van der Waals surface area contributed by atoms with Crippen LogP contribution in [-0.4, -0.2) is 16.2 Å². The molecule has 5 heteroatoms. The summed E-state index contributed by atoms with van der Waals surface area (Å²) in [6.45, 7) is 35.1. The lowest BCUT2D eigenvalue weighted by molar-refractivity contribution is 0.483. The second-order valence-electron chi connectivity index (χ2n) is 24.0. The van der Waals surface area contributed by atoms with Gasteiger partial charge in [-0.25, -0.2) is 4.98 Å². The second-order valence-corrected chi connectivity index (χ2v) is 24.0. The fourth-order valence-electron chi connectivity index (χ4n) is 9.48. The van der Waals surface area contributed by atoms with Gasteiger partial charge in [0.2, 0.25) is 0 Å². The van der Waals surface area contributed by atoms with E-state index in [0.717, 1.165) is 45.0 Å². The number of aromatic nitrogens is 2. The molecule has 0 amide bonds. The summed E-state index contributed by atoms with van der Waals surface area (Å²) in [5.74, 6) is 2.44. The molecule has 6 aromatic carbocycles. The molecule has 0 unspecified atom stereocenters. The number of anilines is 4. The van der Waals surface area contributed by atoms with Gasteiger partial charge in [-0.2, -0.15) is 0 Å². The zero-order chi connectivity index (χ0) is 48.0. The summed E-state index contributed by atoms with van der Waals surface area (Å²) in [6, 6.07) is 49.2. The van der Waals surface area contributed by atoms with E-state index in [0.29, 0.717) is 6.67 Å². The van der Waals surface area contributed by atoms with Gasteiger partial charge in [0.25, 0.3) is 0 Å². The average Bonchev–Trinajstić information content (AvgIpc) is 3.80. The number of benzene rings is 6. The summed E-state index contributed by atoms with van der Waals surface area (Å²) in [7, 11) is 0. The van der Waals surface area contributed by atoms with E-state index in [1.165, 1.54) is 55.8 Å². The highest BCUT2D eigenvalue weighted by Gasteiger charge is 2.32. The van der Waals surface area contributed by atoms with Crippen LogP contribution < -0.4 is 14.5 Å². The van der Waals surface area contributed by atoms with E-state index in [4.69, 9.17) is 9.72 Å². The molecule has 3 heterocycles. The predicted octanol–water partition coefficient (Wildman–Crippen LogP) is 17.4. The Morgan fingerprint density at radius 2 is 1.03 bits per heavy atom. The van der Waals surface area contributed by atoms with Gasteiger partial charge in [-0.05, 0) is 121 Å². The molecule has 1 aliphatic heterocycles. The number of hydrogen-bond donors (Lipinski definition) is 0. The normalized spacial score (nSPS) is 13.8. The molecule has 0 N–H and O–H groups in total. The second kappa shape index (κ2) is 16.2. The van der Waals surface area contributed by atoms with Crippen LogP contribution in [0.4, 0.5) is 22.7 Å². The molecule has 0 fully saturated rings. The minimum absolute atomic E-state index is 0.00440. The molecule has 1 aliphatic rings. The van der Waals surface area contributed by atoms with Crippen molar-refractivity contribution in [3.63, 3.8) is 0 Å². The van der Waals surface area contributed by atoms with Gasteiger partial charge >= 0.3 is 0 Å². The molecule has 344 valence electrons. The van der Waals surface area contributed by atoms with Crippen LogP contribution in [0.1, 0.15) is 132 Å². The summed E-state index contributed by atoms with van der Waals surface area (Å²) in [5, 5.41) is 2.34. The predicted molar refractivity (Wildman–Crippen MR) is 286 cm³/mol. The number of para-hydroxylation sites is 1. The van der Waals surface area contributed by atoms with Crippen molar-refractivity contribution in [2.45, 2.75) is 131 Å². The summed E-state index contributed by atoms with van der Waals surface area (Å²) >= 11 is 0. The first-order chi connectivity index (χ1) is 31.3. The summed E-state index contributed by atoms with van der Waals surface area (Å²) in [6.07, 6.45) is 2.07. The van der Waals surface area contributed by atoms with E-state index < -0.39 is 0 Å². The van der Waals surface area contributed by atoms with Gasteiger partial charge in [-0.3, -0.25) is 4.57 Å². The Hall–Kier alpha value is -6.33. The van der Waals surface area contributed by atoms with Crippen molar-refractivity contribution < 1.29 is 4.74 Å². The molecular weight excluding hydrogens is 817 g/mol. The lowest BCUT2D eigenvalue weighted by Gasteiger charge is -2.29. The van der Waals surface area contributed by atoms with Crippen molar-refractivity contribution >= 4 is 44.6 Å².